The summed E-state index contributed by atoms with van der Waals surface area (Å²) < 4.78 is 14.7. The number of nitrogens with zero attached hydrogens (tertiary/aromatic N) is 4. The Morgan fingerprint density at radius 3 is 2.85 bits per heavy atom. The second-order valence-electron chi connectivity index (χ2n) is 8.49. The first-order chi connectivity index (χ1) is 13.1. The van der Waals surface area contributed by atoms with Crippen molar-refractivity contribution in [1.82, 2.24) is 25.1 Å². The van der Waals surface area contributed by atoms with Crippen molar-refractivity contribution >= 4 is 17.6 Å². The Labute approximate surface area is 158 Å². The number of aromatic amines is 1. The van der Waals surface area contributed by atoms with E-state index in [1.807, 2.05) is 12.1 Å². The molecule has 3 N–H and O–H groups in total. The third-order valence-corrected chi connectivity index (χ3v) is 6.18. The van der Waals surface area contributed by atoms with Gasteiger partial charge in [-0.2, -0.15) is 10.1 Å². The Bertz CT molecular complexity index is 812. The summed E-state index contributed by atoms with van der Waals surface area (Å²) >= 11 is 0. The molecule has 5 rings (SSSR count). The monoisotopic (exact) mass is 371 g/mol. The van der Waals surface area contributed by atoms with Gasteiger partial charge in [-0.05, 0) is 45.2 Å². The van der Waals surface area contributed by atoms with Crippen molar-refractivity contribution in [2.24, 2.45) is 5.41 Å². The number of H-pyrrole nitrogens is 1. The van der Waals surface area contributed by atoms with Crippen LogP contribution in [0.3, 0.4) is 0 Å². The van der Waals surface area contributed by atoms with E-state index in [0.29, 0.717) is 24.1 Å². The molecule has 27 heavy (non-hydrogen) atoms. The van der Waals surface area contributed by atoms with Gasteiger partial charge in [0.15, 0.2) is 5.82 Å². The number of anilines is 3. The van der Waals surface area contributed by atoms with Crippen molar-refractivity contribution in [2.45, 2.75) is 50.2 Å². The van der Waals surface area contributed by atoms with Crippen LogP contribution in [-0.2, 0) is 0 Å². The Balaban J connectivity index is 1.20. The van der Waals surface area contributed by atoms with E-state index < -0.39 is 6.17 Å². The largest absolute Gasteiger partial charge is 0.351 e. The van der Waals surface area contributed by atoms with Crippen LogP contribution in [0.2, 0.25) is 0 Å². The fraction of sp³-hybridized carbons (Fsp3) is 0.632. The van der Waals surface area contributed by atoms with Gasteiger partial charge >= 0.3 is 0 Å². The highest BCUT2D eigenvalue weighted by Crippen LogP contribution is 2.45. The number of alkyl halides is 1. The zero-order valence-electron chi connectivity index (χ0n) is 15.6. The zero-order chi connectivity index (χ0) is 18.4. The third-order valence-electron chi connectivity index (χ3n) is 6.18. The first-order valence-corrected chi connectivity index (χ1v) is 9.84. The van der Waals surface area contributed by atoms with E-state index in [1.54, 1.807) is 6.20 Å². The zero-order valence-corrected chi connectivity index (χ0v) is 15.6. The highest BCUT2D eigenvalue weighted by atomic mass is 19.1. The van der Waals surface area contributed by atoms with Crippen LogP contribution < -0.4 is 10.6 Å². The van der Waals surface area contributed by atoms with Crippen molar-refractivity contribution in [3.63, 3.8) is 0 Å². The lowest BCUT2D eigenvalue weighted by atomic mass is 9.66. The molecule has 3 aliphatic rings. The maximum absolute atomic E-state index is 14.7. The quantitative estimate of drug-likeness (QED) is 0.749. The molecule has 0 bridgehead atoms. The van der Waals surface area contributed by atoms with E-state index in [4.69, 9.17) is 0 Å². The van der Waals surface area contributed by atoms with Gasteiger partial charge in [-0.1, -0.05) is 0 Å². The van der Waals surface area contributed by atoms with E-state index in [9.17, 15) is 4.39 Å². The number of hydrogen-bond acceptors (Lipinski definition) is 6. The molecule has 0 aromatic carbocycles. The van der Waals surface area contributed by atoms with E-state index >= 15 is 0 Å². The van der Waals surface area contributed by atoms with Crippen LogP contribution in [0.1, 0.15) is 43.7 Å². The SMILES string of the molecule is CN1CC2(CCC(Nc3nccc(Nc4cc(C5CC5)[nH]n4)n3)CC2F)C1. The Morgan fingerprint density at radius 2 is 2.11 bits per heavy atom. The molecule has 2 unspecified atom stereocenters. The molecule has 2 atom stereocenters. The fourth-order valence-corrected chi connectivity index (χ4v) is 4.57. The molecule has 0 amide bonds. The summed E-state index contributed by atoms with van der Waals surface area (Å²) in [5.41, 5.74) is 1.06. The third kappa shape index (κ3) is 3.38. The average molecular weight is 371 g/mol. The molecule has 2 aromatic rings. The van der Waals surface area contributed by atoms with Crippen LogP contribution in [-0.4, -0.2) is 57.4 Å². The topological polar surface area (TPSA) is 81.8 Å². The first-order valence-electron chi connectivity index (χ1n) is 9.84. The maximum atomic E-state index is 14.7. The van der Waals surface area contributed by atoms with E-state index in [1.165, 1.54) is 18.5 Å². The number of halogens is 1. The number of likely N-dealkylation sites (tertiary alicyclic amines) is 1. The van der Waals surface area contributed by atoms with Gasteiger partial charge in [0.05, 0.1) is 0 Å². The van der Waals surface area contributed by atoms with Crippen molar-refractivity contribution < 1.29 is 4.39 Å². The lowest BCUT2D eigenvalue weighted by Crippen LogP contribution is -2.61. The van der Waals surface area contributed by atoms with Gasteiger partial charge in [0.1, 0.15) is 12.0 Å². The highest BCUT2D eigenvalue weighted by molar-refractivity contribution is 5.53. The van der Waals surface area contributed by atoms with Gasteiger partial charge in [-0.25, -0.2) is 9.37 Å². The van der Waals surface area contributed by atoms with E-state index in [-0.39, 0.29) is 11.5 Å². The number of nitrogens with one attached hydrogen (secondary N) is 3. The minimum absolute atomic E-state index is 0.0821. The van der Waals surface area contributed by atoms with Crippen molar-refractivity contribution in [3.8, 4) is 0 Å². The van der Waals surface area contributed by atoms with E-state index in [0.717, 1.165) is 31.7 Å². The minimum Gasteiger partial charge on any atom is -0.351 e. The summed E-state index contributed by atoms with van der Waals surface area (Å²) in [4.78, 5) is 11.0. The fourth-order valence-electron chi connectivity index (χ4n) is 4.57. The lowest BCUT2D eigenvalue weighted by molar-refractivity contribution is -0.0728. The Kier molecular flexibility index (Phi) is 4.03. The van der Waals surface area contributed by atoms with Crippen LogP contribution in [0.4, 0.5) is 22.0 Å². The molecule has 2 aliphatic carbocycles. The van der Waals surface area contributed by atoms with Crippen molar-refractivity contribution in [2.75, 3.05) is 30.8 Å². The van der Waals surface area contributed by atoms with Crippen LogP contribution >= 0.6 is 0 Å². The molecular formula is C19H26FN7. The van der Waals surface area contributed by atoms with Gasteiger partial charge < -0.3 is 15.5 Å². The van der Waals surface area contributed by atoms with Crippen LogP contribution in [0.15, 0.2) is 18.3 Å². The van der Waals surface area contributed by atoms with Crippen LogP contribution in [0, 0.1) is 5.41 Å². The Hall–Kier alpha value is -2.22. The van der Waals surface area contributed by atoms with Gasteiger partial charge in [0.25, 0.3) is 0 Å². The van der Waals surface area contributed by atoms with Crippen LogP contribution in [0.25, 0.3) is 0 Å². The normalized spacial score (nSPS) is 27.3. The Morgan fingerprint density at radius 1 is 1.26 bits per heavy atom. The molecule has 2 saturated carbocycles. The number of rotatable bonds is 5. The summed E-state index contributed by atoms with van der Waals surface area (Å²) in [5.74, 6) is 2.62. The molecule has 3 heterocycles. The minimum atomic E-state index is -0.758. The van der Waals surface area contributed by atoms with Gasteiger partial charge in [-0.15, -0.1) is 0 Å². The van der Waals surface area contributed by atoms with Gasteiger partial charge in [0, 0.05) is 48.4 Å². The molecular weight excluding hydrogens is 345 g/mol. The summed E-state index contributed by atoms with van der Waals surface area (Å²) in [5, 5.41) is 13.9. The molecule has 1 aliphatic heterocycles. The van der Waals surface area contributed by atoms with Crippen molar-refractivity contribution in [1.29, 1.82) is 0 Å². The standard InChI is InChI=1S/C19H26FN7/c1-27-10-19(11-27)6-4-13(8-15(19)20)22-18-21-7-5-16(24-18)23-17-9-14(25-26-17)12-2-3-12/h5,7,9,12-13,15H,2-4,6,8,10-11H2,1H3,(H3,21,22,23,24,25,26). The van der Waals surface area contributed by atoms with Crippen molar-refractivity contribution in [3.05, 3.63) is 24.0 Å². The lowest BCUT2D eigenvalue weighted by Gasteiger charge is -2.54. The molecule has 8 heteroatoms. The van der Waals surface area contributed by atoms with E-state index in [2.05, 4.69) is 42.7 Å². The van der Waals surface area contributed by atoms with Gasteiger partial charge in [0.2, 0.25) is 5.95 Å². The molecule has 7 nitrogen and oxygen atoms in total. The van der Waals surface area contributed by atoms with Gasteiger partial charge in [-0.3, -0.25) is 5.10 Å². The summed E-state index contributed by atoms with van der Waals surface area (Å²) in [6, 6.07) is 3.93. The summed E-state index contributed by atoms with van der Waals surface area (Å²) in [7, 11) is 2.06. The number of hydrogen-bond donors (Lipinski definition) is 3. The summed E-state index contributed by atoms with van der Waals surface area (Å²) in [6.07, 6.45) is 5.83. The molecule has 1 saturated heterocycles. The summed E-state index contributed by atoms with van der Waals surface area (Å²) in [6.45, 7) is 1.76. The maximum Gasteiger partial charge on any atom is 0.224 e. The average Bonchev–Trinajstić information content (AvgIpc) is 3.37. The second-order valence-corrected chi connectivity index (χ2v) is 8.49. The first kappa shape index (κ1) is 16.9. The molecule has 3 fully saturated rings. The predicted octanol–water partition coefficient (Wildman–Crippen LogP) is 3.06. The number of aromatic nitrogens is 4. The molecule has 2 aromatic heterocycles. The second kappa shape index (κ2) is 6.44. The van der Waals surface area contributed by atoms with Crippen LogP contribution in [0.5, 0.6) is 0 Å². The molecule has 144 valence electrons. The predicted molar refractivity (Wildman–Crippen MR) is 102 cm³/mol. The smallest absolute Gasteiger partial charge is 0.224 e. The molecule has 1 spiro atoms. The molecule has 0 radical (unpaired) electrons. The highest BCUT2D eigenvalue weighted by Gasteiger charge is 2.50.